The summed E-state index contributed by atoms with van der Waals surface area (Å²) in [6.45, 7) is 8.92. The molecule has 1 rings (SSSR count). The first-order valence-corrected chi connectivity index (χ1v) is 7.46. The van der Waals surface area contributed by atoms with Crippen molar-refractivity contribution in [1.82, 2.24) is 4.90 Å². The lowest BCUT2D eigenvalue weighted by Gasteiger charge is -2.18. The summed E-state index contributed by atoms with van der Waals surface area (Å²) in [6, 6.07) is 8.72. The van der Waals surface area contributed by atoms with E-state index in [4.69, 9.17) is 5.11 Å². The van der Waals surface area contributed by atoms with Gasteiger partial charge in [-0.1, -0.05) is 26.0 Å². The summed E-state index contributed by atoms with van der Waals surface area (Å²) in [4.78, 5) is 2.41. The summed E-state index contributed by atoms with van der Waals surface area (Å²) in [5.74, 6) is 0. The van der Waals surface area contributed by atoms with E-state index in [0.717, 1.165) is 45.4 Å². The van der Waals surface area contributed by atoms with E-state index in [-0.39, 0.29) is 0 Å². The summed E-state index contributed by atoms with van der Waals surface area (Å²) in [6.07, 6.45) is 3.11. The van der Waals surface area contributed by atoms with Crippen molar-refractivity contribution in [3.8, 4) is 0 Å². The van der Waals surface area contributed by atoms with Crippen molar-refractivity contribution in [2.45, 2.75) is 39.7 Å². The number of benzene rings is 1. The number of aliphatic hydroxyl groups is 1. The Labute approximate surface area is 117 Å². The zero-order valence-electron chi connectivity index (χ0n) is 12.4. The van der Waals surface area contributed by atoms with Gasteiger partial charge < -0.3 is 10.4 Å². The highest BCUT2D eigenvalue weighted by molar-refractivity contribution is 5.44. The molecule has 0 saturated heterocycles. The van der Waals surface area contributed by atoms with E-state index in [0.29, 0.717) is 6.61 Å². The maximum absolute atomic E-state index is 8.70. The van der Waals surface area contributed by atoms with Gasteiger partial charge in [-0.2, -0.15) is 0 Å². The van der Waals surface area contributed by atoms with E-state index in [1.165, 1.54) is 11.3 Å². The summed E-state index contributed by atoms with van der Waals surface area (Å²) in [5, 5.41) is 12.1. The molecular weight excluding hydrogens is 236 g/mol. The molecule has 0 fully saturated rings. The van der Waals surface area contributed by atoms with Crippen LogP contribution < -0.4 is 5.32 Å². The van der Waals surface area contributed by atoms with Gasteiger partial charge in [-0.05, 0) is 50.0 Å². The lowest BCUT2D eigenvalue weighted by Crippen LogP contribution is -2.22. The second-order valence-electron chi connectivity index (χ2n) is 4.87. The highest BCUT2D eigenvalue weighted by Crippen LogP contribution is 2.11. The van der Waals surface area contributed by atoms with Crippen molar-refractivity contribution in [3.05, 3.63) is 29.8 Å². The quantitative estimate of drug-likeness (QED) is 0.637. The van der Waals surface area contributed by atoms with Crippen molar-refractivity contribution >= 4 is 5.69 Å². The monoisotopic (exact) mass is 264 g/mol. The van der Waals surface area contributed by atoms with Crippen LogP contribution in [0.1, 0.15) is 38.7 Å². The minimum Gasteiger partial charge on any atom is -0.396 e. The molecule has 1 aromatic carbocycles. The lowest BCUT2D eigenvalue weighted by molar-refractivity contribution is 0.283. The molecule has 0 aliphatic rings. The number of anilines is 1. The Morgan fingerprint density at radius 1 is 1.00 bits per heavy atom. The van der Waals surface area contributed by atoms with Crippen LogP contribution in [0.15, 0.2) is 24.3 Å². The van der Waals surface area contributed by atoms with Gasteiger partial charge in [-0.25, -0.2) is 0 Å². The Hall–Kier alpha value is -1.06. The van der Waals surface area contributed by atoms with Gasteiger partial charge in [0.2, 0.25) is 0 Å². The van der Waals surface area contributed by atoms with Gasteiger partial charge in [0.25, 0.3) is 0 Å². The van der Waals surface area contributed by atoms with E-state index >= 15 is 0 Å². The minimum absolute atomic E-state index is 0.306. The SMILES string of the molecule is CCN(CC)Cc1ccc(NCCCCCO)cc1. The number of nitrogens with zero attached hydrogens (tertiary/aromatic N) is 1. The third-order valence-electron chi connectivity index (χ3n) is 3.42. The van der Waals surface area contributed by atoms with Crippen LogP contribution in [0.2, 0.25) is 0 Å². The van der Waals surface area contributed by atoms with Crippen LogP contribution in [0.4, 0.5) is 5.69 Å². The molecule has 0 aliphatic heterocycles. The molecule has 0 radical (unpaired) electrons. The third-order valence-corrected chi connectivity index (χ3v) is 3.42. The van der Waals surface area contributed by atoms with Crippen LogP contribution in [-0.4, -0.2) is 36.2 Å². The fourth-order valence-corrected chi connectivity index (χ4v) is 2.08. The predicted octanol–water partition coefficient (Wildman–Crippen LogP) is 3.10. The van der Waals surface area contributed by atoms with Crippen LogP contribution in [0, 0.1) is 0 Å². The second kappa shape index (κ2) is 9.82. The fraction of sp³-hybridized carbons (Fsp3) is 0.625. The van der Waals surface area contributed by atoms with Crippen molar-refractivity contribution in [2.75, 3.05) is 31.6 Å². The molecule has 3 heteroatoms. The van der Waals surface area contributed by atoms with E-state index in [9.17, 15) is 0 Å². The number of aliphatic hydroxyl groups excluding tert-OH is 1. The Bertz CT molecular complexity index is 320. The van der Waals surface area contributed by atoms with Gasteiger partial charge in [0.1, 0.15) is 0 Å². The maximum Gasteiger partial charge on any atom is 0.0431 e. The Balaban J connectivity index is 2.30. The molecule has 0 heterocycles. The highest BCUT2D eigenvalue weighted by Gasteiger charge is 2.00. The third kappa shape index (κ3) is 6.60. The van der Waals surface area contributed by atoms with Crippen LogP contribution in [0.25, 0.3) is 0 Å². The molecule has 0 aromatic heterocycles. The van der Waals surface area contributed by atoms with Crippen LogP contribution in [-0.2, 0) is 6.54 Å². The standard InChI is InChI=1S/C16H28N2O/c1-3-18(4-2)14-15-8-10-16(11-9-15)17-12-6-5-7-13-19/h8-11,17,19H,3-7,12-14H2,1-2H3. The minimum atomic E-state index is 0.306. The highest BCUT2D eigenvalue weighted by atomic mass is 16.2. The molecule has 3 nitrogen and oxygen atoms in total. The first-order chi connectivity index (χ1) is 9.30. The van der Waals surface area contributed by atoms with Crippen LogP contribution in [0.3, 0.4) is 0 Å². The number of hydrogen-bond donors (Lipinski definition) is 2. The van der Waals surface area contributed by atoms with Crippen molar-refractivity contribution in [3.63, 3.8) is 0 Å². The van der Waals surface area contributed by atoms with Crippen LogP contribution >= 0.6 is 0 Å². The summed E-state index contributed by atoms with van der Waals surface area (Å²) >= 11 is 0. The van der Waals surface area contributed by atoms with Crippen molar-refractivity contribution in [1.29, 1.82) is 0 Å². The fourth-order valence-electron chi connectivity index (χ4n) is 2.08. The molecule has 108 valence electrons. The average molecular weight is 264 g/mol. The molecule has 19 heavy (non-hydrogen) atoms. The molecule has 2 N–H and O–H groups in total. The number of hydrogen-bond acceptors (Lipinski definition) is 3. The van der Waals surface area contributed by atoms with Crippen molar-refractivity contribution in [2.24, 2.45) is 0 Å². The van der Waals surface area contributed by atoms with Gasteiger partial charge in [0.05, 0.1) is 0 Å². The first-order valence-electron chi connectivity index (χ1n) is 7.46. The number of nitrogens with one attached hydrogen (secondary N) is 1. The molecule has 0 atom stereocenters. The van der Waals surface area contributed by atoms with Gasteiger partial charge in [-0.15, -0.1) is 0 Å². The molecule has 0 spiro atoms. The molecule has 0 amide bonds. The molecule has 0 unspecified atom stereocenters. The zero-order valence-corrected chi connectivity index (χ0v) is 12.4. The lowest BCUT2D eigenvalue weighted by atomic mass is 10.2. The molecule has 1 aromatic rings. The molecule has 0 saturated carbocycles. The van der Waals surface area contributed by atoms with Crippen molar-refractivity contribution < 1.29 is 5.11 Å². The first kappa shape index (κ1) is 16.0. The topological polar surface area (TPSA) is 35.5 Å². The average Bonchev–Trinajstić information content (AvgIpc) is 2.46. The Morgan fingerprint density at radius 2 is 1.68 bits per heavy atom. The maximum atomic E-state index is 8.70. The van der Waals surface area contributed by atoms with E-state index < -0.39 is 0 Å². The number of unbranched alkanes of at least 4 members (excludes halogenated alkanes) is 2. The van der Waals surface area contributed by atoms with Gasteiger partial charge >= 0.3 is 0 Å². The summed E-state index contributed by atoms with van der Waals surface area (Å²) in [7, 11) is 0. The Kier molecular flexibility index (Phi) is 8.26. The Morgan fingerprint density at radius 3 is 2.26 bits per heavy atom. The van der Waals surface area contributed by atoms with Crippen LogP contribution in [0.5, 0.6) is 0 Å². The smallest absolute Gasteiger partial charge is 0.0431 e. The normalized spacial score (nSPS) is 10.9. The zero-order chi connectivity index (χ0) is 13.9. The van der Waals surface area contributed by atoms with E-state index in [1.54, 1.807) is 0 Å². The second-order valence-corrected chi connectivity index (χ2v) is 4.87. The molecular formula is C16H28N2O. The van der Waals surface area contributed by atoms with E-state index in [2.05, 4.69) is 48.3 Å². The van der Waals surface area contributed by atoms with Gasteiger partial charge in [0.15, 0.2) is 0 Å². The van der Waals surface area contributed by atoms with Gasteiger partial charge in [-0.3, -0.25) is 4.90 Å². The van der Waals surface area contributed by atoms with E-state index in [1.807, 2.05) is 0 Å². The molecule has 0 bridgehead atoms. The summed E-state index contributed by atoms with van der Waals surface area (Å²) in [5.41, 5.74) is 2.56. The number of rotatable bonds is 10. The largest absolute Gasteiger partial charge is 0.396 e. The van der Waals surface area contributed by atoms with Gasteiger partial charge in [0, 0.05) is 25.4 Å². The molecule has 0 aliphatic carbocycles. The summed E-state index contributed by atoms with van der Waals surface area (Å²) < 4.78 is 0. The predicted molar refractivity (Wildman–Crippen MR) is 82.5 cm³/mol.